The van der Waals surface area contributed by atoms with Crippen LogP contribution in [0, 0.1) is 0 Å². The normalized spacial score (nSPS) is 15.4. The molecular formula is C13H20N4O5. The molecule has 1 rings (SSSR count). The van der Waals surface area contributed by atoms with E-state index in [4.69, 9.17) is 0 Å². The van der Waals surface area contributed by atoms with Crippen molar-refractivity contribution >= 4 is 29.8 Å². The molecule has 2 N–H and O–H groups in total. The summed E-state index contributed by atoms with van der Waals surface area (Å²) in [5.41, 5.74) is -0.544. The maximum absolute atomic E-state index is 11.9. The van der Waals surface area contributed by atoms with Crippen LogP contribution in [0.1, 0.15) is 34.1 Å². The Balaban J connectivity index is 2.65. The lowest BCUT2D eigenvalue weighted by molar-refractivity contribution is -0.143. The smallest absolute Gasteiger partial charge is 0.333 e. The highest BCUT2D eigenvalue weighted by Crippen LogP contribution is 2.11. The summed E-state index contributed by atoms with van der Waals surface area (Å²) in [5.74, 6) is -2.88. The van der Waals surface area contributed by atoms with Gasteiger partial charge in [0.1, 0.15) is 6.54 Å². The minimum Gasteiger partial charge on any atom is -0.333 e. The highest BCUT2D eigenvalue weighted by atomic mass is 16.2. The van der Waals surface area contributed by atoms with Gasteiger partial charge in [-0.05, 0) is 27.2 Å². The van der Waals surface area contributed by atoms with E-state index in [0.717, 1.165) is 4.90 Å². The molecule has 9 heteroatoms. The van der Waals surface area contributed by atoms with Crippen LogP contribution in [0.5, 0.6) is 0 Å². The first-order valence-corrected chi connectivity index (χ1v) is 6.86. The lowest BCUT2D eigenvalue weighted by Crippen LogP contribution is -2.51. The zero-order chi connectivity index (χ0) is 17.1. The fraction of sp³-hybridized carbons (Fsp3) is 0.615. The van der Waals surface area contributed by atoms with Gasteiger partial charge in [0, 0.05) is 12.1 Å². The number of amides is 7. The van der Waals surface area contributed by atoms with Crippen molar-refractivity contribution < 1.29 is 24.0 Å². The first-order chi connectivity index (χ1) is 10.1. The first-order valence-electron chi connectivity index (χ1n) is 6.86. The lowest BCUT2D eigenvalue weighted by Gasteiger charge is -2.20. The zero-order valence-electron chi connectivity index (χ0n) is 13.1. The summed E-state index contributed by atoms with van der Waals surface area (Å²) in [7, 11) is 0. The van der Waals surface area contributed by atoms with Crippen molar-refractivity contribution in [1.29, 1.82) is 0 Å². The van der Waals surface area contributed by atoms with Crippen LogP contribution in [0.2, 0.25) is 0 Å². The van der Waals surface area contributed by atoms with Gasteiger partial charge in [0.25, 0.3) is 0 Å². The Morgan fingerprint density at radius 3 is 2.09 bits per heavy atom. The molecule has 0 unspecified atom stereocenters. The average molecular weight is 312 g/mol. The molecule has 7 amide bonds. The Morgan fingerprint density at radius 1 is 1.05 bits per heavy atom. The maximum Gasteiger partial charge on any atom is 0.334 e. The van der Waals surface area contributed by atoms with Crippen LogP contribution in [-0.4, -0.2) is 58.2 Å². The standard InChI is InChI=1S/C13H20N4O5/c1-5-6-16-9(19)10(20)17(12(16)22)7-8(18)14-11(21)15-13(2,3)4/h5-7H2,1-4H3,(H2,14,15,18,21). The van der Waals surface area contributed by atoms with E-state index in [-0.39, 0.29) is 6.54 Å². The Morgan fingerprint density at radius 2 is 1.59 bits per heavy atom. The number of carbonyl (C=O) groups is 5. The number of urea groups is 2. The molecule has 0 radical (unpaired) electrons. The van der Waals surface area contributed by atoms with E-state index in [1.54, 1.807) is 27.7 Å². The van der Waals surface area contributed by atoms with E-state index < -0.39 is 41.9 Å². The summed E-state index contributed by atoms with van der Waals surface area (Å²) in [4.78, 5) is 59.7. The Hall–Kier alpha value is -2.45. The molecule has 1 aliphatic rings. The van der Waals surface area contributed by atoms with Crippen molar-refractivity contribution in [1.82, 2.24) is 20.4 Å². The van der Waals surface area contributed by atoms with Gasteiger partial charge in [0.15, 0.2) is 0 Å². The van der Waals surface area contributed by atoms with Gasteiger partial charge in [-0.25, -0.2) is 14.5 Å². The van der Waals surface area contributed by atoms with Crippen LogP contribution in [0.3, 0.4) is 0 Å². The van der Waals surface area contributed by atoms with Crippen LogP contribution >= 0.6 is 0 Å². The number of hydrogen-bond donors (Lipinski definition) is 2. The molecule has 0 saturated carbocycles. The third kappa shape index (κ3) is 4.27. The summed E-state index contributed by atoms with van der Waals surface area (Å²) in [6, 6.07) is -1.59. The summed E-state index contributed by atoms with van der Waals surface area (Å²) in [6.07, 6.45) is 0.499. The van der Waals surface area contributed by atoms with Crippen molar-refractivity contribution in [3.8, 4) is 0 Å². The molecule has 1 fully saturated rings. The van der Waals surface area contributed by atoms with Crippen molar-refractivity contribution in [2.24, 2.45) is 0 Å². The number of carbonyl (C=O) groups excluding carboxylic acids is 5. The maximum atomic E-state index is 11.9. The highest BCUT2D eigenvalue weighted by Gasteiger charge is 2.44. The Kier molecular flexibility index (Phi) is 5.23. The number of nitrogens with zero attached hydrogens (tertiary/aromatic N) is 2. The van der Waals surface area contributed by atoms with E-state index in [0.29, 0.717) is 11.3 Å². The summed E-state index contributed by atoms with van der Waals surface area (Å²) in [5, 5.41) is 4.50. The van der Waals surface area contributed by atoms with E-state index >= 15 is 0 Å². The molecule has 0 spiro atoms. The molecule has 0 aromatic rings. The van der Waals surface area contributed by atoms with Crippen LogP contribution in [0.25, 0.3) is 0 Å². The summed E-state index contributed by atoms with van der Waals surface area (Å²) < 4.78 is 0. The molecule has 1 saturated heterocycles. The van der Waals surface area contributed by atoms with Gasteiger partial charge in [0.05, 0.1) is 0 Å². The van der Waals surface area contributed by atoms with E-state index in [9.17, 15) is 24.0 Å². The molecule has 122 valence electrons. The number of nitrogens with one attached hydrogen (secondary N) is 2. The summed E-state index contributed by atoms with van der Waals surface area (Å²) in [6.45, 7) is 6.36. The van der Waals surface area contributed by atoms with Gasteiger partial charge in [0.2, 0.25) is 5.91 Å². The fourth-order valence-corrected chi connectivity index (χ4v) is 1.79. The first kappa shape index (κ1) is 17.6. The SMILES string of the molecule is CCCN1C(=O)C(=O)N(CC(=O)NC(=O)NC(C)(C)C)C1=O. The van der Waals surface area contributed by atoms with Crippen LogP contribution in [0.15, 0.2) is 0 Å². The number of hydrogen-bond acceptors (Lipinski definition) is 5. The zero-order valence-corrected chi connectivity index (χ0v) is 13.1. The molecule has 0 aliphatic carbocycles. The molecule has 0 aromatic heterocycles. The predicted molar refractivity (Wildman–Crippen MR) is 75.5 cm³/mol. The summed E-state index contributed by atoms with van der Waals surface area (Å²) >= 11 is 0. The third-order valence-corrected chi connectivity index (χ3v) is 2.63. The van der Waals surface area contributed by atoms with Gasteiger partial charge >= 0.3 is 23.9 Å². The Labute approximate surface area is 128 Å². The van der Waals surface area contributed by atoms with Crippen LogP contribution < -0.4 is 10.6 Å². The fourth-order valence-electron chi connectivity index (χ4n) is 1.79. The van der Waals surface area contributed by atoms with Crippen LogP contribution in [-0.2, 0) is 14.4 Å². The molecule has 0 bridgehead atoms. The second kappa shape index (κ2) is 6.54. The van der Waals surface area contributed by atoms with Gasteiger partial charge in [-0.1, -0.05) is 6.92 Å². The highest BCUT2D eigenvalue weighted by molar-refractivity contribution is 6.45. The number of imide groups is 3. The largest absolute Gasteiger partial charge is 0.334 e. The van der Waals surface area contributed by atoms with Gasteiger partial charge in [-0.15, -0.1) is 0 Å². The van der Waals surface area contributed by atoms with Gasteiger partial charge < -0.3 is 5.32 Å². The molecule has 9 nitrogen and oxygen atoms in total. The second-order valence-corrected chi connectivity index (χ2v) is 5.88. The molecule has 0 aromatic carbocycles. The third-order valence-electron chi connectivity index (χ3n) is 2.63. The predicted octanol–water partition coefficient (Wildman–Crippen LogP) is -0.188. The topological polar surface area (TPSA) is 116 Å². The molecular weight excluding hydrogens is 292 g/mol. The number of rotatable bonds is 4. The van der Waals surface area contributed by atoms with Crippen molar-refractivity contribution in [2.75, 3.05) is 13.1 Å². The van der Waals surface area contributed by atoms with E-state index in [1.165, 1.54) is 0 Å². The molecule has 1 aliphatic heterocycles. The van der Waals surface area contributed by atoms with Crippen LogP contribution in [0.4, 0.5) is 9.59 Å². The molecule has 0 atom stereocenters. The quantitative estimate of drug-likeness (QED) is 0.551. The monoisotopic (exact) mass is 312 g/mol. The van der Waals surface area contributed by atoms with Crippen molar-refractivity contribution in [3.63, 3.8) is 0 Å². The van der Waals surface area contributed by atoms with E-state index in [1.807, 2.05) is 5.32 Å². The second-order valence-electron chi connectivity index (χ2n) is 5.88. The minimum atomic E-state index is -1.06. The van der Waals surface area contributed by atoms with Crippen molar-refractivity contribution in [2.45, 2.75) is 39.7 Å². The Bertz CT molecular complexity index is 523. The van der Waals surface area contributed by atoms with Gasteiger partial charge in [-0.2, -0.15) is 0 Å². The van der Waals surface area contributed by atoms with Crippen molar-refractivity contribution in [3.05, 3.63) is 0 Å². The minimum absolute atomic E-state index is 0.103. The lowest BCUT2D eigenvalue weighted by atomic mass is 10.1. The molecule has 22 heavy (non-hydrogen) atoms. The van der Waals surface area contributed by atoms with Gasteiger partial charge in [-0.3, -0.25) is 24.6 Å². The van der Waals surface area contributed by atoms with E-state index in [2.05, 4.69) is 5.32 Å². The average Bonchev–Trinajstić information content (AvgIpc) is 2.54. The molecule has 1 heterocycles.